The number of para-hydroxylation sites is 1. The highest BCUT2D eigenvalue weighted by Crippen LogP contribution is 2.29. The summed E-state index contributed by atoms with van der Waals surface area (Å²) in [7, 11) is 0. The third-order valence-electron chi connectivity index (χ3n) is 2.32. The zero-order valence-corrected chi connectivity index (χ0v) is 11.4. The van der Waals surface area contributed by atoms with E-state index >= 15 is 0 Å². The van der Waals surface area contributed by atoms with Crippen LogP contribution in [0.4, 0.5) is 10.1 Å². The van der Waals surface area contributed by atoms with Crippen LogP contribution in [0.2, 0.25) is 0 Å². The van der Waals surface area contributed by atoms with Crippen molar-refractivity contribution in [3.63, 3.8) is 0 Å². The summed E-state index contributed by atoms with van der Waals surface area (Å²) in [5, 5.41) is 0. The maximum Gasteiger partial charge on any atom is 0.128 e. The average molecular weight is 312 g/mol. The lowest BCUT2D eigenvalue weighted by molar-refractivity contribution is 0.616. The first-order valence-corrected chi connectivity index (χ1v) is 6.86. The Morgan fingerprint density at radius 1 is 1.18 bits per heavy atom. The first-order valence-electron chi connectivity index (χ1n) is 5.08. The molecule has 88 valence electrons. The molecule has 0 fully saturated rings. The van der Waals surface area contributed by atoms with Gasteiger partial charge in [0.25, 0.3) is 0 Å². The van der Waals surface area contributed by atoms with Gasteiger partial charge in [-0.3, -0.25) is 0 Å². The Morgan fingerprint density at radius 2 is 1.94 bits per heavy atom. The zero-order valence-electron chi connectivity index (χ0n) is 8.99. The Hall–Kier alpha value is -1.00. The van der Waals surface area contributed by atoms with Crippen LogP contribution in [0.25, 0.3) is 0 Å². The standard InChI is InChI=1S/C13H11BrFNS/c14-10-6-5-9(11(15)7-10)8-17-13-4-2-1-3-12(13)16/h1-7H,8,16H2. The molecular weight excluding hydrogens is 301 g/mol. The fourth-order valence-electron chi connectivity index (χ4n) is 1.41. The fourth-order valence-corrected chi connectivity index (χ4v) is 2.69. The van der Waals surface area contributed by atoms with Gasteiger partial charge in [-0.15, -0.1) is 11.8 Å². The summed E-state index contributed by atoms with van der Waals surface area (Å²) in [5.41, 5.74) is 7.24. The second-order valence-corrected chi connectivity index (χ2v) is 5.50. The largest absolute Gasteiger partial charge is 0.398 e. The molecule has 0 aromatic heterocycles. The molecule has 2 N–H and O–H groups in total. The van der Waals surface area contributed by atoms with Crippen LogP contribution in [0, 0.1) is 5.82 Å². The van der Waals surface area contributed by atoms with E-state index in [1.807, 2.05) is 30.3 Å². The third kappa shape index (κ3) is 3.23. The molecular formula is C13H11BrFNS. The molecule has 0 spiro atoms. The maximum atomic E-state index is 13.6. The third-order valence-corrected chi connectivity index (χ3v) is 3.95. The molecule has 0 heterocycles. The molecule has 0 bridgehead atoms. The van der Waals surface area contributed by atoms with Crippen LogP contribution in [0.15, 0.2) is 51.8 Å². The van der Waals surface area contributed by atoms with Crippen molar-refractivity contribution in [2.45, 2.75) is 10.6 Å². The van der Waals surface area contributed by atoms with E-state index in [2.05, 4.69) is 15.9 Å². The summed E-state index contributed by atoms with van der Waals surface area (Å²) in [6.45, 7) is 0. The molecule has 2 aromatic rings. The van der Waals surface area contributed by atoms with Crippen LogP contribution >= 0.6 is 27.7 Å². The van der Waals surface area contributed by atoms with Gasteiger partial charge in [-0.25, -0.2) is 4.39 Å². The van der Waals surface area contributed by atoms with Gasteiger partial charge < -0.3 is 5.73 Å². The fraction of sp³-hybridized carbons (Fsp3) is 0.0769. The molecule has 1 nitrogen and oxygen atoms in total. The molecule has 2 aromatic carbocycles. The molecule has 0 aliphatic rings. The van der Waals surface area contributed by atoms with E-state index in [1.165, 1.54) is 17.8 Å². The van der Waals surface area contributed by atoms with Crippen molar-refractivity contribution in [3.8, 4) is 0 Å². The molecule has 17 heavy (non-hydrogen) atoms. The van der Waals surface area contributed by atoms with Crippen molar-refractivity contribution >= 4 is 33.4 Å². The van der Waals surface area contributed by atoms with Gasteiger partial charge in [-0.1, -0.05) is 34.1 Å². The van der Waals surface area contributed by atoms with Crippen molar-refractivity contribution < 1.29 is 4.39 Å². The van der Waals surface area contributed by atoms with E-state index < -0.39 is 0 Å². The highest BCUT2D eigenvalue weighted by atomic mass is 79.9. The van der Waals surface area contributed by atoms with E-state index in [-0.39, 0.29) is 5.82 Å². The summed E-state index contributed by atoms with van der Waals surface area (Å²) < 4.78 is 14.3. The smallest absolute Gasteiger partial charge is 0.128 e. The monoisotopic (exact) mass is 311 g/mol. The Morgan fingerprint density at radius 3 is 2.65 bits per heavy atom. The van der Waals surface area contributed by atoms with E-state index in [4.69, 9.17) is 5.73 Å². The molecule has 0 unspecified atom stereocenters. The lowest BCUT2D eigenvalue weighted by atomic mass is 10.2. The van der Waals surface area contributed by atoms with Crippen molar-refractivity contribution in [3.05, 3.63) is 58.3 Å². The van der Waals surface area contributed by atoms with Gasteiger partial charge in [0.1, 0.15) is 5.82 Å². The quantitative estimate of drug-likeness (QED) is 0.669. The van der Waals surface area contributed by atoms with Crippen molar-refractivity contribution in [1.29, 1.82) is 0 Å². The second-order valence-electron chi connectivity index (χ2n) is 3.56. The molecule has 0 atom stereocenters. The molecule has 0 saturated heterocycles. The Bertz CT molecular complexity index is 531. The molecule has 0 radical (unpaired) electrons. The van der Waals surface area contributed by atoms with Crippen LogP contribution in [0.5, 0.6) is 0 Å². The number of anilines is 1. The van der Waals surface area contributed by atoms with E-state index in [0.29, 0.717) is 11.3 Å². The molecule has 0 aliphatic heterocycles. The van der Waals surface area contributed by atoms with Gasteiger partial charge in [-0.2, -0.15) is 0 Å². The van der Waals surface area contributed by atoms with Gasteiger partial charge >= 0.3 is 0 Å². The van der Waals surface area contributed by atoms with Gasteiger partial charge in [-0.05, 0) is 29.8 Å². The lowest BCUT2D eigenvalue weighted by Crippen LogP contribution is -1.90. The predicted molar refractivity (Wildman–Crippen MR) is 74.5 cm³/mol. The van der Waals surface area contributed by atoms with Crippen LogP contribution in [-0.4, -0.2) is 0 Å². The topological polar surface area (TPSA) is 26.0 Å². The first kappa shape index (κ1) is 12.5. The molecule has 2 rings (SSSR count). The Balaban J connectivity index is 2.10. The van der Waals surface area contributed by atoms with Crippen LogP contribution < -0.4 is 5.73 Å². The highest BCUT2D eigenvalue weighted by Gasteiger charge is 2.05. The number of nitrogen functional groups attached to an aromatic ring is 1. The molecule has 0 amide bonds. The summed E-state index contributed by atoms with van der Waals surface area (Å²) in [6.07, 6.45) is 0. The summed E-state index contributed by atoms with van der Waals surface area (Å²) in [5.74, 6) is 0.384. The number of hydrogen-bond acceptors (Lipinski definition) is 2. The summed E-state index contributed by atoms with van der Waals surface area (Å²) in [4.78, 5) is 0.981. The average Bonchev–Trinajstić information content (AvgIpc) is 2.30. The van der Waals surface area contributed by atoms with Gasteiger partial charge in [0.05, 0.1) is 0 Å². The Labute approximate surface area is 112 Å². The second kappa shape index (κ2) is 5.56. The van der Waals surface area contributed by atoms with Crippen molar-refractivity contribution in [2.75, 3.05) is 5.73 Å². The van der Waals surface area contributed by atoms with E-state index in [1.54, 1.807) is 6.07 Å². The van der Waals surface area contributed by atoms with Crippen LogP contribution in [0.3, 0.4) is 0 Å². The van der Waals surface area contributed by atoms with Crippen LogP contribution in [-0.2, 0) is 5.75 Å². The maximum absolute atomic E-state index is 13.6. The number of halogens is 2. The van der Waals surface area contributed by atoms with Gasteiger partial charge in [0, 0.05) is 20.8 Å². The van der Waals surface area contributed by atoms with Gasteiger partial charge in [0.15, 0.2) is 0 Å². The SMILES string of the molecule is Nc1ccccc1SCc1ccc(Br)cc1F. The number of rotatable bonds is 3. The normalized spacial score (nSPS) is 10.5. The minimum Gasteiger partial charge on any atom is -0.398 e. The van der Waals surface area contributed by atoms with Crippen LogP contribution in [0.1, 0.15) is 5.56 Å². The van der Waals surface area contributed by atoms with E-state index in [9.17, 15) is 4.39 Å². The Kier molecular flexibility index (Phi) is 4.07. The number of thioether (sulfide) groups is 1. The molecule has 0 aliphatic carbocycles. The van der Waals surface area contributed by atoms with Gasteiger partial charge in [0.2, 0.25) is 0 Å². The number of benzene rings is 2. The molecule has 0 saturated carbocycles. The minimum absolute atomic E-state index is 0.193. The summed E-state index contributed by atoms with van der Waals surface area (Å²) in [6, 6.07) is 12.7. The minimum atomic E-state index is -0.193. The predicted octanol–water partition coefficient (Wildman–Crippen LogP) is 4.46. The van der Waals surface area contributed by atoms with Crippen molar-refractivity contribution in [2.24, 2.45) is 0 Å². The number of nitrogens with two attached hydrogens (primary N) is 1. The van der Waals surface area contributed by atoms with Crippen molar-refractivity contribution in [1.82, 2.24) is 0 Å². The zero-order chi connectivity index (χ0) is 12.3. The lowest BCUT2D eigenvalue weighted by Gasteiger charge is -2.06. The van der Waals surface area contributed by atoms with E-state index in [0.717, 1.165) is 15.1 Å². The summed E-state index contributed by atoms with van der Waals surface area (Å²) >= 11 is 4.78. The number of hydrogen-bond donors (Lipinski definition) is 1. The highest BCUT2D eigenvalue weighted by molar-refractivity contribution is 9.10. The molecule has 4 heteroatoms. The first-order chi connectivity index (χ1) is 8.16.